The molecule has 4 fully saturated rings. The van der Waals surface area contributed by atoms with Crippen LogP contribution in [-0.2, 0) is 42.7 Å². The number of carbonyl (C=O) groups is 2. The van der Waals surface area contributed by atoms with Gasteiger partial charge in [0.25, 0.3) is 0 Å². The highest BCUT2D eigenvalue weighted by Gasteiger charge is 2.51. The number of phenolic OH excluding ortho intramolecular Hbond substituents is 6. The maximum atomic E-state index is 13.1. The summed E-state index contributed by atoms with van der Waals surface area (Å²) in [5.74, 6) is -6.45. The highest BCUT2D eigenvalue weighted by Crippen LogP contribution is 2.47. The quantitative estimate of drug-likeness (QED) is 0.0205. The molecule has 30 heteroatoms. The number of esters is 2. The molecule has 18 N–H and O–H groups in total. The average Bonchev–Trinajstić information content (AvgIpc) is 0.900. The number of fused-ring (bicyclic) bond motifs is 1. The van der Waals surface area contributed by atoms with Crippen LogP contribution in [0.15, 0.2) is 89.4 Å². The van der Waals surface area contributed by atoms with Crippen LogP contribution in [0.25, 0.3) is 34.4 Å². The fourth-order valence-electron chi connectivity index (χ4n) is 9.91. The lowest BCUT2D eigenvalue weighted by Gasteiger charge is -2.43. The van der Waals surface area contributed by atoms with E-state index >= 15 is 0 Å². The molecule has 0 radical (unpaired) electrons. The van der Waals surface area contributed by atoms with Crippen LogP contribution in [0.2, 0.25) is 0 Å². The third-order valence-electron chi connectivity index (χ3n) is 14.8. The van der Waals surface area contributed by atoms with E-state index in [4.69, 9.17) is 47.0 Å². The minimum atomic E-state index is -2.05. The smallest absolute Gasteiger partial charge is 0.368 e. The normalized spacial score (nSPS) is 32.9. The zero-order chi connectivity index (χ0) is 62.9. The predicted molar refractivity (Wildman–Crippen MR) is 287 cm³/mol. The van der Waals surface area contributed by atoms with Gasteiger partial charge in [-0.25, -0.2) is 14.0 Å². The van der Waals surface area contributed by atoms with Gasteiger partial charge >= 0.3 is 23.3 Å². The van der Waals surface area contributed by atoms with E-state index in [1.165, 1.54) is 67.6 Å². The first-order valence-electron chi connectivity index (χ1n) is 26.7. The first-order chi connectivity index (χ1) is 41.3. The molecule has 4 aliphatic rings. The summed E-state index contributed by atoms with van der Waals surface area (Å²) in [6, 6.07) is 14.8. The second-order valence-corrected chi connectivity index (χ2v) is 20.8. The van der Waals surface area contributed by atoms with Crippen LogP contribution in [0.3, 0.4) is 0 Å². The Labute approximate surface area is 490 Å². The van der Waals surface area contributed by atoms with Crippen molar-refractivity contribution in [1.29, 1.82) is 0 Å². The number of ether oxygens (including phenoxy) is 9. The number of rotatable bonds is 17. The Hall–Kier alpha value is -7.57. The van der Waals surface area contributed by atoms with Crippen LogP contribution in [0.5, 0.6) is 46.0 Å². The van der Waals surface area contributed by atoms with Gasteiger partial charge in [-0.2, -0.15) is 0 Å². The van der Waals surface area contributed by atoms with Gasteiger partial charge in [0.15, 0.2) is 41.1 Å². The lowest BCUT2D eigenvalue weighted by molar-refractivity contribution is -0.309. The Morgan fingerprint density at radius 2 is 1.11 bits per heavy atom. The van der Waals surface area contributed by atoms with E-state index in [0.717, 1.165) is 36.4 Å². The average molecular weight is 1230 g/mol. The molecule has 9 rings (SSSR count). The second-order valence-electron chi connectivity index (χ2n) is 20.8. The van der Waals surface area contributed by atoms with Gasteiger partial charge < -0.3 is 135 Å². The maximum Gasteiger partial charge on any atom is 0.368 e. The molecule has 87 heavy (non-hydrogen) atoms. The zero-order valence-electron chi connectivity index (χ0n) is 45.4. The van der Waals surface area contributed by atoms with Crippen molar-refractivity contribution in [2.45, 2.75) is 130 Å². The molecule has 20 atom stereocenters. The summed E-state index contributed by atoms with van der Waals surface area (Å²) in [4.78, 5) is 25.4. The van der Waals surface area contributed by atoms with Crippen molar-refractivity contribution >= 4 is 35.1 Å². The van der Waals surface area contributed by atoms with E-state index in [9.17, 15) is 102 Å². The van der Waals surface area contributed by atoms with Gasteiger partial charge in [0.2, 0.25) is 12.6 Å². The van der Waals surface area contributed by atoms with E-state index < -0.39 is 183 Å². The SMILES string of the molecule is C[C@@H]1O[C@@H](OC[C@H]2O[C@@H](c3cc4c(O[C@@H]5O[C@H](CO)[C@@H](O)[C@H](O)[C@H]5O)cc(O)cc4[o+]c3-c3cc(O)c(O)c(O)c3)[C@H](O)[C@@H](O)[C@@H]2O)[C@H](O)[C@H](O)[C@H]1OC(=O)/C=C/c1ccc(O[C@@H]2O[C@H](COC(=O)C=Cc3ccc(O)c(O)c3)[C@@H](O)[C@H](O)[C@H]2O)cc1. The van der Waals surface area contributed by atoms with Crippen molar-refractivity contribution in [3.05, 3.63) is 102 Å². The summed E-state index contributed by atoms with van der Waals surface area (Å²) in [6.45, 7) is -0.777. The fraction of sp³-hybridized carbons (Fsp3) is 0.421. The van der Waals surface area contributed by atoms with Gasteiger partial charge in [0.1, 0.15) is 121 Å². The molecule has 5 aromatic rings. The largest absolute Gasteiger partial charge is 0.507 e. The van der Waals surface area contributed by atoms with Gasteiger partial charge in [-0.05, 0) is 60.5 Å². The van der Waals surface area contributed by atoms with Crippen molar-refractivity contribution in [2.75, 3.05) is 19.8 Å². The van der Waals surface area contributed by atoms with Crippen LogP contribution in [0, 0.1) is 0 Å². The Kier molecular flexibility index (Phi) is 19.7. The van der Waals surface area contributed by atoms with E-state index in [-0.39, 0.29) is 45.1 Å². The monoisotopic (exact) mass is 1230 g/mol. The third-order valence-corrected chi connectivity index (χ3v) is 14.8. The molecule has 0 unspecified atom stereocenters. The van der Waals surface area contributed by atoms with Crippen molar-refractivity contribution < 1.29 is 149 Å². The first-order valence-corrected chi connectivity index (χ1v) is 26.7. The van der Waals surface area contributed by atoms with Gasteiger partial charge in [-0.1, -0.05) is 18.2 Å². The molecule has 0 spiro atoms. The lowest BCUT2D eigenvalue weighted by atomic mass is 9.89. The highest BCUT2D eigenvalue weighted by molar-refractivity contribution is 5.89. The van der Waals surface area contributed by atoms with E-state index in [1.54, 1.807) is 0 Å². The van der Waals surface area contributed by atoms with Gasteiger partial charge in [-0.3, -0.25) is 0 Å². The molecular formula is C57H63O30+. The number of aliphatic hydroxyl groups is 12. The second kappa shape index (κ2) is 26.8. The minimum Gasteiger partial charge on any atom is -0.507 e. The number of aromatic hydroxyl groups is 6. The molecule has 4 aromatic carbocycles. The third kappa shape index (κ3) is 13.9. The minimum absolute atomic E-state index is 0.0877. The molecule has 1 aromatic heterocycles. The van der Waals surface area contributed by atoms with Crippen LogP contribution in [0.1, 0.15) is 29.7 Å². The molecule has 30 nitrogen and oxygen atoms in total. The van der Waals surface area contributed by atoms with Crippen LogP contribution >= 0.6 is 0 Å². The van der Waals surface area contributed by atoms with Crippen molar-refractivity contribution in [3.63, 3.8) is 0 Å². The molecule has 0 saturated carbocycles. The van der Waals surface area contributed by atoms with Crippen molar-refractivity contribution in [1.82, 2.24) is 0 Å². The Bertz CT molecular complexity index is 3280. The summed E-state index contributed by atoms with van der Waals surface area (Å²) < 4.78 is 57.1. The van der Waals surface area contributed by atoms with Gasteiger partial charge in [-0.15, -0.1) is 0 Å². The molecule has 0 bridgehead atoms. The summed E-state index contributed by atoms with van der Waals surface area (Å²) in [7, 11) is 0. The van der Waals surface area contributed by atoms with Crippen LogP contribution in [-0.4, -0.2) is 240 Å². The molecule has 0 amide bonds. The van der Waals surface area contributed by atoms with E-state index in [0.29, 0.717) is 11.1 Å². The number of carbonyl (C=O) groups excluding carboxylic acids is 2. The molecular weight excluding hydrogens is 1160 g/mol. The summed E-state index contributed by atoms with van der Waals surface area (Å²) >= 11 is 0. The number of phenols is 6. The van der Waals surface area contributed by atoms with E-state index in [2.05, 4.69) is 0 Å². The van der Waals surface area contributed by atoms with Gasteiger partial charge in [0.05, 0.1) is 36.5 Å². The lowest BCUT2D eigenvalue weighted by Crippen LogP contribution is -2.60. The standard InChI is InChI=1S/C57H62O30/c1-21-52(87-39(65)11-5-22-2-7-26(8-3-22)81-56-49(75)46(72)43(69)37(86-56)19-78-38(64)10-6-23-4-9-29(60)30(61)12-23)48(74)51(77)55(80-21)79-20-36-42(68)44(70)47(73)54(83-36)28-17-27-33(82-53(28)24-13-31(62)40(66)32(63)14-24)15-25(59)16-34(27)84-57-50(76)45(71)41(67)35(18-58)85-57/h2-17,21,35-37,41-52,54-58,67-77H,18-20H2,1H3,(H5-,59,60,61,62,63,64,66)/p+1/b11-5+/t21-,35+,36+,37+,41+,42+,43+,44-,45-,46-,47+,48-,49+,50+,51+,52-,54-,55+,56+,57+/m0/s1. The van der Waals surface area contributed by atoms with Gasteiger partial charge in [0, 0.05) is 30.4 Å². The number of aliphatic hydroxyl groups excluding tert-OH is 12. The number of hydrogen-bond acceptors (Lipinski definition) is 29. The summed E-state index contributed by atoms with van der Waals surface area (Å²) in [6.07, 6.45) is -30.1. The zero-order valence-corrected chi connectivity index (χ0v) is 45.4. The summed E-state index contributed by atoms with van der Waals surface area (Å²) in [5, 5.41) is 190. The molecule has 5 heterocycles. The van der Waals surface area contributed by atoms with Crippen molar-refractivity contribution in [3.8, 4) is 57.3 Å². The Morgan fingerprint density at radius 3 is 1.77 bits per heavy atom. The number of hydrogen-bond donors (Lipinski definition) is 18. The van der Waals surface area contributed by atoms with Crippen molar-refractivity contribution in [2.24, 2.45) is 0 Å². The fourth-order valence-corrected chi connectivity index (χ4v) is 9.91. The molecule has 470 valence electrons. The molecule has 4 saturated heterocycles. The first kappa shape index (κ1) is 63.9. The van der Waals surface area contributed by atoms with Crippen LogP contribution in [0.4, 0.5) is 0 Å². The Morgan fingerprint density at radius 1 is 0.540 bits per heavy atom. The number of benzene rings is 4. The van der Waals surface area contributed by atoms with Crippen LogP contribution < -0.4 is 9.47 Å². The maximum absolute atomic E-state index is 13.1. The molecule has 4 aliphatic heterocycles. The summed E-state index contributed by atoms with van der Waals surface area (Å²) in [5.41, 5.74) is 0.0687. The molecule has 0 aliphatic carbocycles. The highest BCUT2D eigenvalue weighted by atomic mass is 16.7. The predicted octanol–water partition coefficient (Wildman–Crippen LogP) is -2.13. The topological polar surface area (TPSA) is 493 Å². The van der Waals surface area contributed by atoms with E-state index in [1.807, 2.05) is 0 Å². The Balaban J connectivity index is 0.830.